The Morgan fingerprint density at radius 3 is 3.06 bits per heavy atom. The summed E-state index contributed by atoms with van der Waals surface area (Å²) in [5.74, 6) is 0.145. The number of phenols is 1. The summed E-state index contributed by atoms with van der Waals surface area (Å²) in [5, 5.41) is 12.6. The summed E-state index contributed by atoms with van der Waals surface area (Å²) in [4.78, 5) is 12.1. The molecule has 2 rings (SSSR count). The number of phenolic OH excluding ortho intramolecular Hbond substituents is 1. The number of rotatable bonds is 3. The normalized spacial score (nSPS) is 20.7. The fourth-order valence-electron chi connectivity index (χ4n) is 2.04. The number of nitrogens with one attached hydrogen (secondary N) is 1. The van der Waals surface area contributed by atoms with Crippen molar-refractivity contribution in [1.82, 2.24) is 5.32 Å². The largest absolute Gasteiger partial charge is 0.507 e. The fourth-order valence-corrected chi connectivity index (χ4v) is 2.53. The van der Waals surface area contributed by atoms with Crippen molar-refractivity contribution in [3.8, 4) is 5.75 Å². The third-order valence-electron chi connectivity index (χ3n) is 3.23. The highest BCUT2D eigenvalue weighted by Crippen LogP contribution is 2.21. The molecule has 1 fully saturated rings. The Morgan fingerprint density at radius 2 is 2.39 bits per heavy atom. The van der Waals surface area contributed by atoms with Crippen LogP contribution >= 0.6 is 22.6 Å². The van der Waals surface area contributed by atoms with Crippen molar-refractivity contribution in [3.63, 3.8) is 0 Å². The van der Waals surface area contributed by atoms with Gasteiger partial charge in [0.05, 0.1) is 12.2 Å². The van der Waals surface area contributed by atoms with Gasteiger partial charge in [-0.15, -0.1) is 0 Å². The monoisotopic (exact) mass is 361 g/mol. The molecule has 0 spiro atoms. The molecule has 0 radical (unpaired) electrons. The SMILES string of the molecule is CC(NC(=O)c1cc(I)ccc1O)C1CCOC1. The summed E-state index contributed by atoms with van der Waals surface area (Å²) in [6.07, 6.45) is 0.972. The number of halogens is 1. The summed E-state index contributed by atoms with van der Waals surface area (Å²) in [7, 11) is 0. The number of benzene rings is 1. The maximum absolute atomic E-state index is 12.1. The Balaban J connectivity index is 2.04. The summed E-state index contributed by atoms with van der Waals surface area (Å²) in [6, 6.07) is 5.04. The molecule has 0 bridgehead atoms. The maximum atomic E-state index is 12.1. The Morgan fingerprint density at radius 1 is 1.61 bits per heavy atom. The fraction of sp³-hybridized carbons (Fsp3) is 0.462. The molecule has 1 aromatic carbocycles. The predicted octanol–water partition coefficient (Wildman–Crippen LogP) is 2.15. The van der Waals surface area contributed by atoms with E-state index in [1.807, 2.05) is 6.92 Å². The van der Waals surface area contributed by atoms with E-state index in [2.05, 4.69) is 27.9 Å². The molecule has 0 aromatic heterocycles. The van der Waals surface area contributed by atoms with Crippen LogP contribution in [0.1, 0.15) is 23.7 Å². The second-order valence-corrected chi connectivity index (χ2v) is 5.79. The van der Waals surface area contributed by atoms with Crippen LogP contribution in [0.3, 0.4) is 0 Å². The van der Waals surface area contributed by atoms with E-state index in [0.29, 0.717) is 18.1 Å². The van der Waals surface area contributed by atoms with Crippen LogP contribution in [0, 0.1) is 9.49 Å². The van der Waals surface area contributed by atoms with E-state index in [9.17, 15) is 9.90 Å². The van der Waals surface area contributed by atoms with Crippen molar-refractivity contribution >= 4 is 28.5 Å². The van der Waals surface area contributed by atoms with Crippen LogP contribution in [0.5, 0.6) is 5.75 Å². The van der Waals surface area contributed by atoms with Crippen molar-refractivity contribution in [2.24, 2.45) is 5.92 Å². The summed E-state index contributed by atoms with van der Waals surface area (Å²) in [5.41, 5.74) is 0.327. The molecule has 5 heteroatoms. The Hall–Kier alpha value is -0.820. The van der Waals surface area contributed by atoms with Crippen LogP contribution in [0.4, 0.5) is 0 Å². The number of carbonyl (C=O) groups is 1. The molecular formula is C13H16INO3. The van der Waals surface area contributed by atoms with E-state index >= 15 is 0 Å². The van der Waals surface area contributed by atoms with Crippen molar-refractivity contribution in [3.05, 3.63) is 27.3 Å². The summed E-state index contributed by atoms with van der Waals surface area (Å²) < 4.78 is 6.23. The predicted molar refractivity (Wildman–Crippen MR) is 76.7 cm³/mol. The number of carbonyl (C=O) groups excluding carboxylic acids is 1. The van der Waals surface area contributed by atoms with E-state index in [1.165, 1.54) is 0 Å². The highest BCUT2D eigenvalue weighted by molar-refractivity contribution is 14.1. The van der Waals surface area contributed by atoms with Gasteiger partial charge in [-0.1, -0.05) is 0 Å². The molecule has 2 N–H and O–H groups in total. The van der Waals surface area contributed by atoms with Crippen LogP contribution in [0.25, 0.3) is 0 Å². The third-order valence-corrected chi connectivity index (χ3v) is 3.90. The lowest BCUT2D eigenvalue weighted by Crippen LogP contribution is -2.38. The molecule has 1 aliphatic heterocycles. The molecular weight excluding hydrogens is 345 g/mol. The first-order valence-electron chi connectivity index (χ1n) is 5.95. The lowest BCUT2D eigenvalue weighted by atomic mass is 10.0. The van der Waals surface area contributed by atoms with E-state index in [-0.39, 0.29) is 17.7 Å². The standard InChI is InChI=1S/C13H16INO3/c1-8(9-4-5-18-7-9)15-13(17)11-6-10(14)2-3-12(11)16/h2-3,6,8-9,16H,4-5,7H2,1H3,(H,15,17). The quantitative estimate of drug-likeness (QED) is 0.812. The number of ether oxygens (including phenoxy) is 1. The molecule has 4 nitrogen and oxygen atoms in total. The molecule has 0 saturated carbocycles. The van der Waals surface area contributed by atoms with E-state index < -0.39 is 0 Å². The van der Waals surface area contributed by atoms with Crippen molar-refractivity contribution in [2.75, 3.05) is 13.2 Å². The third kappa shape index (κ3) is 3.14. The molecule has 1 amide bonds. The molecule has 2 atom stereocenters. The van der Waals surface area contributed by atoms with Gasteiger partial charge in [0.15, 0.2) is 0 Å². The number of amides is 1. The lowest BCUT2D eigenvalue weighted by molar-refractivity contribution is 0.0919. The Labute approximate surface area is 120 Å². The first-order valence-corrected chi connectivity index (χ1v) is 7.03. The molecule has 1 aromatic rings. The first-order chi connectivity index (χ1) is 8.58. The number of hydrogen-bond donors (Lipinski definition) is 2. The zero-order chi connectivity index (χ0) is 13.1. The highest BCUT2D eigenvalue weighted by Gasteiger charge is 2.24. The average Bonchev–Trinajstić information content (AvgIpc) is 2.85. The van der Waals surface area contributed by atoms with Crippen LogP contribution in [-0.4, -0.2) is 30.3 Å². The van der Waals surface area contributed by atoms with Crippen LogP contribution < -0.4 is 5.32 Å². The average molecular weight is 361 g/mol. The van der Waals surface area contributed by atoms with E-state index in [4.69, 9.17) is 4.74 Å². The van der Waals surface area contributed by atoms with Crippen molar-refractivity contribution in [1.29, 1.82) is 0 Å². The van der Waals surface area contributed by atoms with Gasteiger partial charge in [0.1, 0.15) is 5.75 Å². The van der Waals surface area contributed by atoms with Gasteiger partial charge in [-0.3, -0.25) is 4.79 Å². The summed E-state index contributed by atoms with van der Waals surface area (Å²) in [6.45, 7) is 3.43. The minimum absolute atomic E-state index is 0.0165. The zero-order valence-electron chi connectivity index (χ0n) is 10.1. The second kappa shape index (κ2) is 5.88. The van der Waals surface area contributed by atoms with Gasteiger partial charge >= 0.3 is 0 Å². The van der Waals surface area contributed by atoms with E-state index in [0.717, 1.165) is 16.6 Å². The van der Waals surface area contributed by atoms with E-state index in [1.54, 1.807) is 18.2 Å². The summed E-state index contributed by atoms with van der Waals surface area (Å²) >= 11 is 2.12. The topological polar surface area (TPSA) is 58.6 Å². The van der Waals surface area contributed by atoms with Crippen molar-refractivity contribution in [2.45, 2.75) is 19.4 Å². The van der Waals surface area contributed by atoms with Gasteiger partial charge in [-0.2, -0.15) is 0 Å². The highest BCUT2D eigenvalue weighted by atomic mass is 127. The molecule has 0 aliphatic carbocycles. The van der Waals surface area contributed by atoms with Crippen molar-refractivity contribution < 1.29 is 14.6 Å². The van der Waals surface area contributed by atoms with Crippen LogP contribution in [0.15, 0.2) is 18.2 Å². The van der Waals surface area contributed by atoms with Gasteiger partial charge in [-0.05, 0) is 54.1 Å². The lowest BCUT2D eigenvalue weighted by Gasteiger charge is -2.19. The molecule has 18 heavy (non-hydrogen) atoms. The second-order valence-electron chi connectivity index (χ2n) is 4.55. The smallest absolute Gasteiger partial charge is 0.255 e. The number of hydrogen-bond acceptors (Lipinski definition) is 3. The molecule has 1 saturated heterocycles. The molecule has 2 unspecified atom stereocenters. The maximum Gasteiger partial charge on any atom is 0.255 e. The van der Waals surface area contributed by atoms with Gasteiger partial charge in [-0.25, -0.2) is 0 Å². The minimum Gasteiger partial charge on any atom is -0.507 e. The molecule has 1 aliphatic rings. The first kappa shape index (κ1) is 13.6. The minimum atomic E-state index is -0.231. The van der Waals surface area contributed by atoms with Gasteiger partial charge in [0, 0.05) is 22.1 Å². The molecule has 98 valence electrons. The molecule has 1 heterocycles. The zero-order valence-corrected chi connectivity index (χ0v) is 12.3. The number of aromatic hydroxyl groups is 1. The Kier molecular flexibility index (Phi) is 4.45. The van der Waals surface area contributed by atoms with Gasteiger partial charge < -0.3 is 15.2 Å². The van der Waals surface area contributed by atoms with Gasteiger partial charge in [0.2, 0.25) is 0 Å². The van der Waals surface area contributed by atoms with Gasteiger partial charge in [0.25, 0.3) is 5.91 Å². The van der Waals surface area contributed by atoms with Crippen LogP contribution in [-0.2, 0) is 4.74 Å². The van der Waals surface area contributed by atoms with Crippen LogP contribution in [0.2, 0.25) is 0 Å². The Bertz CT molecular complexity index is 444.